The van der Waals surface area contributed by atoms with Crippen molar-refractivity contribution in [2.24, 2.45) is 5.73 Å². The highest BCUT2D eigenvalue weighted by Crippen LogP contribution is 2.23. The Kier molecular flexibility index (Phi) is 3.95. The fraction of sp³-hybridized carbons (Fsp3) is 0.333. The molecule has 14 heavy (non-hydrogen) atoms. The molecule has 1 aromatic carbocycles. The van der Waals surface area contributed by atoms with Gasteiger partial charge < -0.3 is 5.73 Å². The Morgan fingerprint density at radius 1 is 1.36 bits per heavy atom. The van der Waals surface area contributed by atoms with Crippen molar-refractivity contribution in [1.82, 2.24) is 0 Å². The van der Waals surface area contributed by atoms with Crippen LogP contribution in [0.3, 0.4) is 0 Å². The normalized spacial score (nSPS) is 13.3. The van der Waals surface area contributed by atoms with Crippen molar-refractivity contribution < 1.29 is 13.2 Å². The summed E-state index contributed by atoms with van der Waals surface area (Å²) in [6, 6.07) is 3.27. The van der Waals surface area contributed by atoms with Crippen LogP contribution in [0.25, 0.3) is 0 Å². The fourth-order valence-electron chi connectivity index (χ4n) is 1.07. The average molecular weight is 268 g/mol. The van der Waals surface area contributed by atoms with Gasteiger partial charge in [-0.15, -0.1) is 0 Å². The van der Waals surface area contributed by atoms with E-state index in [1.807, 2.05) is 0 Å². The van der Waals surface area contributed by atoms with Crippen LogP contribution in [0.4, 0.5) is 13.2 Å². The second kappa shape index (κ2) is 4.79. The molecule has 0 aliphatic heterocycles. The van der Waals surface area contributed by atoms with Gasteiger partial charge in [-0.25, -0.2) is 13.2 Å². The number of hydrogen-bond acceptors (Lipinski definition) is 1. The van der Waals surface area contributed by atoms with Gasteiger partial charge in [-0.05, 0) is 33.6 Å². The third kappa shape index (κ3) is 2.99. The van der Waals surface area contributed by atoms with Crippen molar-refractivity contribution in [3.8, 4) is 0 Å². The molecule has 0 fully saturated rings. The quantitative estimate of drug-likeness (QED) is 0.894. The zero-order valence-corrected chi connectivity index (χ0v) is 8.77. The van der Waals surface area contributed by atoms with Crippen molar-refractivity contribution in [3.63, 3.8) is 0 Å². The standard InChI is InChI=1S/C9H9BrF3N/c10-6-3-5(1-2-7(6)11)8(14)4-9(12)13/h1-3,8-9H,4,14H2/t8-/m0/s1. The molecule has 1 nitrogen and oxygen atoms in total. The van der Waals surface area contributed by atoms with E-state index in [9.17, 15) is 13.2 Å². The minimum absolute atomic E-state index is 0.236. The maximum absolute atomic E-state index is 12.8. The third-order valence-electron chi connectivity index (χ3n) is 1.80. The van der Waals surface area contributed by atoms with Gasteiger partial charge in [-0.2, -0.15) is 0 Å². The molecule has 0 radical (unpaired) electrons. The summed E-state index contributed by atoms with van der Waals surface area (Å²) in [5.41, 5.74) is 5.99. The molecule has 0 bridgehead atoms. The van der Waals surface area contributed by atoms with Gasteiger partial charge in [-0.1, -0.05) is 6.07 Å². The Hall–Kier alpha value is -0.550. The van der Waals surface area contributed by atoms with E-state index >= 15 is 0 Å². The van der Waals surface area contributed by atoms with Crippen LogP contribution in [0.1, 0.15) is 18.0 Å². The van der Waals surface area contributed by atoms with Gasteiger partial charge in [0.05, 0.1) is 4.47 Å². The second-order valence-corrected chi connectivity index (χ2v) is 3.76. The van der Waals surface area contributed by atoms with E-state index in [4.69, 9.17) is 5.73 Å². The Morgan fingerprint density at radius 2 is 2.00 bits per heavy atom. The van der Waals surface area contributed by atoms with Crippen LogP contribution in [0, 0.1) is 5.82 Å². The lowest BCUT2D eigenvalue weighted by Gasteiger charge is -2.11. The summed E-state index contributed by atoms with van der Waals surface area (Å²) >= 11 is 2.96. The van der Waals surface area contributed by atoms with E-state index in [1.165, 1.54) is 18.2 Å². The van der Waals surface area contributed by atoms with Crippen LogP contribution >= 0.6 is 15.9 Å². The molecule has 1 rings (SSSR count). The number of hydrogen-bond donors (Lipinski definition) is 1. The van der Waals surface area contributed by atoms with E-state index in [2.05, 4.69) is 15.9 Å². The Balaban J connectivity index is 2.80. The summed E-state index contributed by atoms with van der Waals surface area (Å²) in [5, 5.41) is 0. The van der Waals surface area contributed by atoms with E-state index in [0.717, 1.165) is 0 Å². The predicted molar refractivity (Wildman–Crippen MR) is 51.6 cm³/mol. The number of rotatable bonds is 3. The molecule has 78 valence electrons. The first-order valence-corrected chi connectivity index (χ1v) is 4.78. The number of alkyl halides is 2. The average Bonchev–Trinajstić information content (AvgIpc) is 2.08. The van der Waals surface area contributed by atoms with Gasteiger partial charge >= 0.3 is 0 Å². The molecule has 0 aliphatic carbocycles. The monoisotopic (exact) mass is 267 g/mol. The van der Waals surface area contributed by atoms with Gasteiger partial charge in [0, 0.05) is 12.5 Å². The second-order valence-electron chi connectivity index (χ2n) is 2.91. The topological polar surface area (TPSA) is 26.0 Å². The van der Waals surface area contributed by atoms with Crippen LogP contribution in [0.2, 0.25) is 0 Å². The highest BCUT2D eigenvalue weighted by molar-refractivity contribution is 9.10. The molecule has 2 N–H and O–H groups in total. The number of benzene rings is 1. The van der Waals surface area contributed by atoms with Crippen LogP contribution in [0.5, 0.6) is 0 Å². The van der Waals surface area contributed by atoms with Crippen LogP contribution in [-0.2, 0) is 0 Å². The molecule has 5 heteroatoms. The molecular weight excluding hydrogens is 259 g/mol. The highest BCUT2D eigenvalue weighted by atomic mass is 79.9. The van der Waals surface area contributed by atoms with Gasteiger partial charge in [0.2, 0.25) is 6.43 Å². The molecule has 0 aliphatic rings. The zero-order chi connectivity index (χ0) is 10.7. The largest absolute Gasteiger partial charge is 0.324 e. The van der Waals surface area contributed by atoms with Crippen molar-refractivity contribution in [2.45, 2.75) is 18.9 Å². The van der Waals surface area contributed by atoms with Crippen molar-refractivity contribution >= 4 is 15.9 Å². The lowest BCUT2D eigenvalue weighted by Crippen LogP contribution is -2.14. The van der Waals surface area contributed by atoms with E-state index in [0.29, 0.717) is 5.56 Å². The van der Waals surface area contributed by atoms with Gasteiger partial charge in [-0.3, -0.25) is 0 Å². The summed E-state index contributed by atoms with van der Waals surface area (Å²) in [7, 11) is 0. The van der Waals surface area contributed by atoms with E-state index < -0.39 is 24.7 Å². The summed E-state index contributed by atoms with van der Waals surface area (Å²) in [5.74, 6) is -0.432. The van der Waals surface area contributed by atoms with E-state index in [-0.39, 0.29) is 4.47 Å². The molecule has 0 saturated heterocycles. The van der Waals surface area contributed by atoms with Crippen molar-refractivity contribution in [2.75, 3.05) is 0 Å². The molecule has 0 heterocycles. The van der Waals surface area contributed by atoms with Gasteiger partial charge in [0.15, 0.2) is 0 Å². The maximum Gasteiger partial charge on any atom is 0.240 e. The Bertz CT molecular complexity index is 317. The summed E-state index contributed by atoms with van der Waals surface area (Å²) in [6.07, 6.45) is -2.87. The third-order valence-corrected chi connectivity index (χ3v) is 2.41. The van der Waals surface area contributed by atoms with Gasteiger partial charge in [0.1, 0.15) is 5.82 Å². The first kappa shape index (κ1) is 11.5. The lowest BCUT2D eigenvalue weighted by atomic mass is 10.1. The zero-order valence-electron chi connectivity index (χ0n) is 7.18. The molecule has 1 atom stereocenters. The minimum Gasteiger partial charge on any atom is -0.324 e. The predicted octanol–water partition coefficient (Wildman–Crippen LogP) is 3.24. The molecule has 0 spiro atoms. The maximum atomic E-state index is 12.8. The summed E-state index contributed by atoms with van der Waals surface area (Å²) in [6.45, 7) is 0. The number of nitrogens with two attached hydrogens (primary N) is 1. The summed E-state index contributed by atoms with van der Waals surface area (Å²) < 4.78 is 37.0. The molecular formula is C9H9BrF3N. The SMILES string of the molecule is N[C@@H](CC(F)F)c1ccc(F)c(Br)c1. The Morgan fingerprint density at radius 3 is 2.50 bits per heavy atom. The molecule has 1 aromatic rings. The van der Waals surface area contributed by atoms with Crippen LogP contribution < -0.4 is 5.73 Å². The van der Waals surface area contributed by atoms with E-state index in [1.54, 1.807) is 0 Å². The molecule has 0 aromatic heterocycles. The fourth-order valence-corrected chi connectivity index (χ4v) is 1.47. The molecule has 0 unspecified atom stereocenters. The smallest absolute Gasteiger partial charge is 0.240 e. The molecule has 0 saturated carbocycles. The first-order chi connectivity index (χ1) is 6.50. The number of halogens is 4. The summed E-state index contributed by atoms with van der Waals surface area (Å²) in [4.78, 5) is 0. The Labute approximate surface area is 88.2 Å². The van der Waals surface area contributed by atoms with Crippen molar-refractivity contribution in [1.29, 1.82) is 0 Å². The lowest BCUT2D eigenvalue weighted by molar-refractivity contribution is 0.128. The molecule has 0 amide bonds. The highest BCUT2D eigenvalue weighted by Gasteiger charge is 2.13. The minimum atomic E-state index is -2.45. The van der Waals surface area contributed by atoms with Crippen molar-refractivity contribution in [3.05, 3.63) is 34.1 Å². The first-order valence-electron chi connectivity index (χ1n) is 3.99. The van der Waals surface area contributed by atoms with Gasteiger partial charge in [0.25, 0.3) is 0 Å². The van der Waals surface area contributed by atoms with Crippen LogP contribution in [-0.4, -0.2) is 6.43 Å². The van der Waals surface area contributed by atoms with Crippen LogP contribution in [0.15, 0.2) is 22.7 Å².